The first kappa shape index (κ1) is 40.5. The molecule has 10 nitrogen and oxygen atoms in total. The molecular formula is C46H49ClFN9O. The lowest BCUT2D eigenvalue weighted by Crippen LogP contribution is -2.40. The van der Waals surface area contributed by atoms with E-state index in [4.69, 9.17) is 21.6 Å². The maximum Gasteiger partial charge on any atom is 0.252 e. The molecule has 1 amide bonds. The van der Waals surface area contributed by atoms with Crippen molar-refractivity contribution < 1.29 is 9.18 Å². The number of aromatic nitrogens is 4. The van der Waals surface area contributed by atoms with Gasteiger partial charge in [0.25, 0.3) is 5.91 Å². The maximum atomic E-state index is 13.7. The summed E-state index contributed by atoms with van der Waals surface area (Å²) in [5.41, 5.74) is 8.71. The number of rotatable bonds is 13. The van der Waals surface area contributed by atoms with E-state index in [2.05, 4.69) is 129 Å². The first-order valence-corrected chi connectivity index (χ1v) is 20.3. The molecule has 0 atom stereocenters. The maximum absolute atomic E-state index is 13.7. The Morgan fingerprint density at radius 1 is 0.776 bits per heavy atom. The van der Waals surface area contributed by atoms with Crippen LogP contribution in [0.25, 0.3) is 22.1 Å². The monoisotopic (exact) mass is 797 g/mol. The van der Waals surface area contributed by atoms with Crippen molar-refractivity contribution in [2.45, 2.75) is 65.5 Å². The number of fused-ring (bicyclic) bond motifs is 2. The minimum Gasteiger partial charge on any atom is -0.374 e. The summed E-state index contributed by atoms with van der Waals surface area (Å²) < 4.78 is 18.0. The van der Waals surface area contributed by atoms with Gasteiger partial charge in [0.15, 0.2) is 11.6 Å². The lowest BCUT2D eigenvalue weighted by atomic mass is 10.1. The van der Waals surface area contributed by atoms with Gasteiger partial charge in [0.2, 0.25) is 0 Å². The number of anilines is 1. The van der Waals surface area contributed by atoms with Crippen LogP contribution < -0.4 is 21.3 Å². The van der Waals surface area contributed by atoms with Crippen molar-refractivity contribution >= 4 is 45.3 Å². The molecule has 0 aliphatic carbocycles. The van der Waals surface area contributed by atoms with Crippen LogP contribution in [0.15, 0.2) is 78.9 Å². The van der Waals surface area contributed by atoms with Gasteiger partial charge in [0.1, 0.15) is 5.82 Å². The quantitative estimate of drug-likeness (QED) is 0.0940. The molecule has 0 radical (unpaired) electrons. The number of carbonyl (C=O) groups excluding carboxylic acids is 1. The second-order valence-corrected chi connectivity index (χ2v) is 14.9. The fourth-order valence-electron chi connectivity index (χ4n) is 7.22. The Bertz CT molecular complexity index is 2510. The molecule has 0 spiro atoms. The normalized spacial score (nSPS) is 13.3. The number of carbonyl (C=O) groups is 1. The number of piperidine rings is 1. The van der Waals surface area contributed by atoms with E-state index >= 15 is 0 Å². The molecule has 1 aliphatic rings. The van der Waals surface area contributed by atoms with Gasteiger partial charge in [-0.1, -0.05) is 47.7 Å². The fraction of sp³-hybridized carbons (Fsp3) is 0.326. The first-order chi connectivity index (χ1) is 28.3. The zero-order valence-electron chi connectivity index (χ0n) is 33.3. The van der Waals surface area contributed by atoms with E-state index in [1.54, 1.807) is 0 Å². The zero-order chi connectivity index (χ0) is 40.4. The topological polar surface area (TPSA) is 104 Å². The van der Waals surface area contributed by atoms with Crippen molar-refractivity contribution in [3.05, 3.63) is 124 Å². The summed E-state index contributed by atoms with van der Waals surface area (Å²) in [5.74, 6) is 13.0. The number of aryl methyl sites for hydroxylation is 2. The van der Waals surface area contributed by atoms with Crippen LogP contribution in [0.4, 0.5) is 10.1 Å². The molecule has 4 N–H and O–H groups in total. The third-order valence-electron chi connectivity index (χ3n) is 10.5. The lowest BCUT2D eigenvalue weighted by Gasteiger charge is -2.29. The van der Waals surface area contributed by atoms with Crippen molar-refractivity contribution in [1.82, 2.24) is 40.0 Å². The Morgan fingerprint density at radius 2 is 1.36 bits per heavy atom. The smallest absolute Gasteiger partial charge is 0.252 e. The summed E-state index contributed by atoms with van der Waals surface area (Å²) in [6.45, 7) is 10.9. The number of hydrogen-bond acceptors (Lipinski definition) is 7. The summed E-state index contributed by atoms with van der Waals surface area (Å²) in [6, 6.07) is 25.7. The number of halogens is 2. The van der Waals surface area contributed by atoms with Crippen LogP contribution >= 0.6 is 11.6 Å². The van der Waals surface area contributed by atoms with Gasteiger partial charge in [0, 0.05) is 50.0 Å². The van der Waals surface area contributed by atoms with Crippen molar-refractivity contribution in [3.8, 4) is 23.7 Å². The van der Waals surface area contributed by atoms with E-state index in [1.165, 1.54) is 36.1 Å². The predicted octanol–water partition coefficient (Wildman–Crippen LogP) is 6.94. The van der Waals surface area contributed by atoms with E-state index in [0.717, 1.165) is 77.9 Å². The van der Waals surface area contributed by atoms with Crippen LogP contribution in [-0.2, 0) is 32.7 Å². The van der Waals surface area contributed by atoms with Gasteiger partial charge in [-0.05, 0) is 130 Å². The van der Waals surface area contributed by atoms with E-state index in [1.807, 2.05) is 11.5 Å². The fourth-order valence-corrected chi connectivity index (χ4v) is 7.34. The molecule has 1 aliphatic heterocycles. The van der Waals surface area contributed by atoms with Crippen LogP contribution in [0.5, 0.6) is 0 Å². The second kappa shape index (κ2) is 19.2. The Morgan fingerprint density at radius 3 is 1.98 bits per heavy atom. The Labute approximate surface area is 344 Å². The van der Waals surface area contributed by atoms with Crippen LogP contribution in [0, 0.1) is 29.5 Å². The van der Waals surface area contributed by atoms with Gasteiger partial charge in [-0.25, -0.2) is 14.4 Å². The van der Waals surface area contributed by atoms with Crippen molar-refractivity contribution in [1.29, 1.82) is 0 Å². The van der Waals surface area contributed by atoms with E-state index in [9.17, 15) is 9.18 Å². The molecule has 4 aromatic carbocycles. The van der Waals surface area contributed by atoms with Crippen molar-refractivity contribution in [3.63, 3.8) is 0 Å². The number of imidazole rings is 2. The zero-order valence-corrected chi connectivity index (χ0v) is 34.0. The van der Waals surface area contributed by atoms with Crippen LogP contribution in [0.3, 0.4) is 0 Å². The molecule has 0 saturated carbocycles. The third kappa shape index (κ3) is 10.1. The minimum absolute atomic E-state index is 0.0305. The average Bonchev–Trinajstić information content (AvgIpc) is 3.78. The number of benzene rings is 4. The molecule has 298 valence electrons. The molecule has 12 heteroatoms. The number of likely N-dealkylation sites (tertiary alicyclic amines) is 1. The summed E-state index contributed by atoms with van der Waals surface area (Å²) in [7, 11) is 2.19. The minimum atomic E-state index is -0.641. The number of nitrogens with one attached hydrogen (secondary N) is 4. The number of nitrogens with zero attached hydrogens (tertiary/aromatic N) is 5. The number of amides is 1. The molecular weight excluding hydrogens is 749 g/mol. The van der Waals surface area contributed by atoms with E-state index in [-0.39, 0.29) is 17.1 Å². The number of hydrogen-bond donors (Lipinski definition) is 4. The van der Waals surface area contributed by atoms with Crippen LogP contribution in [0.2, 0.25) is 5.02 Å². The SMILES string of the molecule is CCn1c(C#CCNC(=O)c2ccc(Cl)c(F)c2)nc2cc(CNCc3ccc(NCC#Cc4nc5cc(CNC6CCN(C)CC6)ccc5n4CC)cc3)ccc21. The predicted molar refractivity (Wildman–Crippen MR) is 231 cm³/mol. The molecule has 6 aromatic rings. The van der Waals surface area contributed by atoms with Gasteiger partial charge in [-0.2, -0.15) is 0 Å². The van der Waals surface area contributed by atoms with Gasteiger partial charge in [-0.15, -0.1) is 0 Å². The largest absolute Gasteiger partial charge is 0.374 e. The highest BCUT2D eigenvalue weighted by atomic mass is 35.5. The summed E-state index contributed by atoms with van der Waals surface area (Å²) in [5, 5.41) is 13.4. The molecule has 2 aromatic heterocycles. The first-order valence-electron chi connectivity index (χ1n) is 19.9. The highest BCUT2D eigenvalue weighted by Gasteiger charge is 2.16. The molecule has 7 rings (SSSR count). The Hall–Kier alpha value is -5.69. The highest BCUT2D eigenvalue weighted by molar-refractivity contribution is 6.30. The summed E-state index contributed by atoms with van der Waals surface area (Å²) in [4.78, 5) is 24.4. The van der Waals surface area contributed by atoms with Gasteiger partial charge >= 0.3 is 0 Å². The lowest BCUT2D eigenvalue weighted by molar-refractivity contribution is 0.0958. The molecule has 1 saturated heterocycles. The van der Waals surface area contributed by atoms with Crippen LogP contribution in [-0.4, -0.2) is 69.2 Å². The van der Waals surface area contributed by atoms with E-state index in [0.29, 0.717) is 31.5 Å². The standard InChI is InChI=1S/C46H49ClFN9O/c1-4-56-42-18-12-33(26-40(42)53-45(56)9-7-23-51-46(58)35-14-17-38(47)39(48)28-35)30-49-29-32-10-15-36(16-11-32)50-22-6-8-44-54-41-27-34(13-19-43(41)57(44)5-2)31-52-37-20-24-55(3)25-21-37/h10-19,26-28,37,49-50,52H,4-5,20-25,29-31H2,1-3H3,(H,51,58). The average molecular weight is 798 g/mol. The molecule has 1 fully saturated rings. The third-order valence-corrected chi connectivity index (χ3v) is 10.8. The van der Waals surface area contributed by atoms with Crippen LogP contribution in [0.1, 0.15) is 65.4 Å². The van der Waals surface area contributed by atoms with Gasteiger partial charge in [-0.3, -0.25) is 4.79 Å². The van der Waals surface area contributed by atoms with Gasteiger partial charge in [0.05, 0.1) is 40.2 Å². The van der Waals surface area contributed by atoms with Gasteiger partial charge < -0.3 is 35.3 Å². The summed E-state index contributed by atoms with van der Waals surface area (Å²) >= 11 is 5.72. The Balaban J connectivity index is 0.874. The Kier molecular flexibility index (Phi) is 13.4. The molecule has 58 heavy (non-hydrogen) atoms. The molecule has 3 heterocycles. The summed E-state index contributed by atoms with van der Waals surface area (Å²) in [6.07, 6.45) is 2.39. The van der Waals surface area contributed by atoms with Crippen molar-refractivity contribution in [2.24, 2.45) is 0 Å². The molecule has 0 bridgehead atoms. The molecule has 0 unspecified atom stereocenters. The van der Waals surface area contributed by atoms with E-state index < -0.39 is 11.7 Å². The van der Waals surface area contributed by atoms with Crippen molar-refractivity contribution in [2.75, 3.05) is 38.5 Å². The second-order valence-electron chi connectivity index (χ2n) is 14.5. The highest BCUT2D eigenvalue weighted by Crippen LogP contribution is 2.21.